The number of aromatic hydroxyl groups is 1. The quantitative estimate of drug-likeness (QED) is 0.0425. The van der Waals surface area contributed by atoms with Gasteiger partial charge in [0.1, 0.15) is 11.6 Å². The third-order valence-electron chi connectivity index (χ3n) is 12.6. The molecule has 8 nitrogen and oxygen atoms in total. The SMILES string of the molecule is COc1cc(/C=C/C(=O)CC(=O)CCCCC[C@@H]2[C@@H]3CCNC[C@@H]3C=C3C=CCN[C@H]32)c(Cc2cnc(N)cc2CCc2cccc(CCc3ccccc3)c2)cc1O. The highest BCUT2D eigenvalue weighted by Gasteiger charge is 2.40. The number of phenols is 1. The van der Waals surface area contributed by atoms with Crippen LogP contribution in [0.4, 0.5) is 5.82 Å². The average molecular weight is 793 g/mol. The Hall–Kier alpha value is -5.31. The van der Waals surface area contributed by atoms with E-state index in [9.17, 15) is 14.7 Å². The first-order valence-electron chi connectivity index (χ1n) is 21.6. The number of pyridine rings is 1. The van der Waals surface area contributed by atoms with Gasteiger partial charge in [0.15, 0.2) is 17.3 Å². The lowest BCUT2D eigenvalue weighted by Gasteiger charge is -2.46. The van der Waals surface area contributed by atoms with Gasteiger partial charge in [-0.15, -0.1) is 0 Å². The molecule has 0 spiro atoms. The Kier molecular flexibility index (Phi) is 14.6. The molecule has 7 rings (SSSR count). The molecule has 0 amide bonds. The van der Waals surface area contributed by atoms with Crippen LogP contribution in [0.3, 0.4) is 0 Å². The molecule has 0 bridgehead atoms. The van der Waals surface area contributed by atoms with Crippen molar-refractivity contribution < 1.29 is 19.4 Å². The molecule has 1 fully saturated rings. The number of ketones is 2. The molecule has 59 heavy (non-hydrogen) atoms. The number of anilines is 1. The molecule has 308 valence electrons. The number of allylic oxidation sites excluding steroid dienone is 1. The van der Waals surface area contributed by atoms with Crippen LogP contribution in [0.1, 0.15) is 83.9 Å². The number of nitrogens with two attached hydrogens (primary N) is 1. The number of methoxy groups -OCH3 is 1. The van der Waals surface area contributed by atoms with Crippen LogP contribution >= 0.6 is 0 Å². The number of carbonyl (C=O) groups excluding carboxylic acids is 2. The lowest BCUT2D eigenvalue weighted by atomic mass is 9.65. The Bertz CT molecular complexity index is 2160. The first kappa shape index (κ1) is 41.8. The van der Waals surface area contributed by atoms with Crippen LogP contribution in [0.25, 0.3) is 6.08 Å². The van der Waals surface area contributed by atoms with Crippen LogP contribution in [0, 0.1) is 17.8 Å². The van der Waals surface area contributed by atoms with Crippen molar-refractivity contribution in [2.24, 2.45) is 17.8 Å². The zero-order valence-corrected chi connectivity index (χ0v) is 34.5. The largest absolute Gasteiger partial charge is 0.504 e. The van der Waals surface area contributed by atoms with E-state index in [4.69, 9.17) is 10.5 Å². The third-order valence-corrected chi connectivity index (χ3v) is 12.6. The Labute approximate surface area is 350 Å². The van der Waals surface area contributed by atoms with E-state index in [1.54, 1.807) is 24.4 Å². The second-order valence-electron chi connectivity index (χ2n) is 16.6. The number of nitrogens with zero attached hydrogens (tertiary/aromatic N) is 1. The molecule has 0 saturated carbocycles. The normalized spacial score (nSPS) is 19.8. The van der Waals surface area contributed by atoms with Crippen molar-refractivity contribution in [3.8, 4) is 11.5 Å². The number of aromatic nitrogens is 1. The van der Waals surface area contributed by atoms with Crippen LogP contribution < -0.4 is 21.1 Å². The van der Waals surface area contributed by atoms with Crippen molar-refractivity contribution >= 4 is 23.5 Å². The standard InChI is InChI=1S/C51H60N4O4/c1-59-49-30-38(21-22-45(57)32-44(56)15-6-3-7-16-47-46-23-25-53-33-43(46)27-40-14-9-24-54-51(40)47)41(29-48(49)58)28-42-34-55-50(52)31-39(42)20-19-37-13-8-12-36(26-37)18-17-35-10-4-2-5-11-35/h2,4-5,8-14,21-22,26-27,29-31,34,43,46-47,51,53-54,58H,3,6-7,15-20,23-25,28,32-33H2,1H3,(H2,52,55)/b22-21+/t43-,46+,47+,51+/m0/s1. The number of phenolic OH excluding ortho intramolecular Hbond substituents is 1. The van der Waals surface area contributed by atoms with Gasteiger partial charge in [-0.3, -0.25) is 9.59 Å². The summed E-state index contributed by atoms with van der Waals surface area (Å²) in [5.41, 5.74) is 15.2. The van der Waals surface area contributed by atoms with Gasteiger partial charge in [-0.25, -0.2) is 4.98 Å². The fourth-order valence-corrected chi connectivity index (χ4v) is 9.46. The molecule has 1 aromatic heterocycles. The number of hydrogen-bond acceptors (Lipinski definition) is 8. The van der Waals surface area contributed by atoms with E-state index in [0.717, 1.165) is 93.3 Å². The van der Waals surface area contributed by atoms with Crippen molar-refractivity contribution in [3.05, 3.63) is 148 Å². The lowest BCUT2D eigenvalue weighted by molar-refractivity contribution is -0.124. The third kappa shape index (κ3) is 11.5. The molecule has 1 saturated heterocycles. The number of rotatable bonds is 19. The predicted octanol–water partition coefficient (Wildman–Crippen LogP) is 8.34. The summed E-state index contributed by atoms with van der Waals surface area (Å²) in [6.07, 6.45) is 21.7. The molecule has 3 aromatic carbocycles. The van der Waals surface area contributed by atoms with Crippen molar-refractivity contribution in [3.63, 3.8) is 0 Å². The number of hydrogen-bond donors (Lipinski definition) is 4. The van der Waals surface area contributed by atoms with Gasteiger partial charge >= 0.3 is 0 Å². The summed E-state index contributed by atoms with van der Waals surface area (Å²) in [6, 6.07) is 25.1. The lowest BCUT2D eigenvalue weighted by Crippen LogP contribution is -2.51. The fourth-order valence-electron chi connectivity index (χ4n) is 9.46. The molecule has 8 heteroatoms. The Morgan fingerprint density at radius 3 is 2.54 bits per heavy atom. The second kappa shape index (κ2) is 20.6. The Morgan fingerprint density at radius 2 is 1.71 bits per heavy atom. The molecule has 3 heterocycles. The number of Topliss-reactive ketones (excluding diaryl/α,β-unsaturated/α-hetero) is 1. The van der Waals surface area contributed by atoms with E-state index >= 15 is 0 Å². The van der Waals surface area contributed by atoms with Crippen LogP contribution in [0.5, 0.6) is 11.5 Å². The van der Waals surface area contributed by atoms with Crippen molar-refractivity contribution in [1.82, 2.24) is 15.6 Å². The highest BCUT2D eigenvalue weighted by atomic mass is 16.5. The summed E-state index contributed by atoms with van der Waals surface area (Å²) in [7, 11) is 1.50. The minimum absolute atomic E-state index is 0.0150. The monoisotopic (exact) mass is 792 g/mol. The molecule has 0 unspecified atom stereocenters. The smallest absolute Gasteiger partial charge is 0.163 e. The minimum Gasteiger partial charge on any atom is -0.504 e. The molecular weight excluding hydrogens is 733 g/mol. The summed E-state index contributed by atoms with van der Waals surface area (Å²) in [6.45, 7) is 3.09. The first-order chi connectivity index (χ1) is 28.8. The summed E-state index contributed by atoms with van der Waals surface area (Å²) in [5, 5.41) is 18.1. The summed E-state index contributed by atoms with van der Waals surface area (Å²) in [5.74, 6) is 2.46. The van der Waals surface area contributed by atoms with E-state index in [-0.39, 0.29) is 23.7 Å². The Morgan fingerprint density at radius 1 is 0.915 bits per heavy atom. The van der Waals surface area contributed by atoms with E-state index in [1.165, 1.54) is 41.9 Å². The van der Waals surface area contributed by atoms with E-state index < -0.39 is 0 Å². The number of unbranched alkanes of at least 4 members (excludes halogenated alkanes) is 2. The fraction of sp³-hybridized carbons (Fsp3) is 0.392. The van der Waals surface area contributed by atoms with Gasteiger partial charge in [0.05, 0.1) is 13.5 Å². The number of nitrogen functional groups attached to an aromatic ring is 1. The second-order valence-corrected chi connectivity index (χ2v) is 16.6. The zero-order chi connectivity index (χ0) is 41.0. The van der Waals surface area contributed by atoms with E-state index in [0.29, 0.717) is 48.2 Å². The molecule has 3 aliphatic rings. The summed E-state index contributed by atoms with van der Waals surface area (Å²) in [4.78, 5) is 30.4. The van der Waals surface area contributed by atoms with Crippen LogP contribution in [0.2, 0.25) is 0 Å². The van der Waals surface area contributed by atoms with Gasteiger partial charge < -0.3 is 26.2 Å². The minimum atomic E-state index is -0.233. The molecular formula is C51H60N4O4. The molecule has 2 aliphatic heterocycles. The zero-order valence-electron chi connectivity index (χ0n) is 34.5. The van der Waals surface area contributed by atoms with Crippen LogP contribution in [-0.2, 0) is 41.7 Å². The molecule has 4 aromatic rings. The molecule has 4 atom stereocenters. The topological polar surface area (TPSA) is 127 Å². The number of nitrogens with one attached hydrogen (secondary N) is 2. The van der Waals surface area contributed by atoms with Gasteiger partial charge in [0.2, 0.25) is 0 Å². The maximum absolute atomic E-state index is 13.1. The van der Waals surface area contributed by atoms with Crippen molar-refractivity contribution in [2.75, 3.05) is 32.5 Å². The van der Waals surface area contributed by atoms with Crippen molar-refractivity contribution in [1.29, 1.82) is 0 Å². The van der Waals surface area contributed by atoms with E-state index in [1.807, 2.05) is 12.1 Å². The molecule has 5 N–H and O–H groups in total. The van der Waals surface area contributed by atoms with Gasteiger partial charge in [-0.2, -0.15) is 0 Å². The first-order valence-corrected chi connectivity index (χ1v) is 21.6. The maximum atomic E-state index is 13.1. The number of piperidine rings is 1. The van der Waals surface area contributed by atoms with Gasteiger partial charge in [-0.05, 0) is 144 Å². The van der Waals surface area contributed by atoms with Gasteiger partial charge in [-0.1, -0.05) is 91.7 Å². The Balaban J connectivity index is 0.927. The average Bonchev–Trinajstić information content (AvgIpc) is 3.25. The van der Waals surface area contributed by atoms with Gasteiger partial charge in [0, 0.05) is 31.7 Å². The van der Waals surface area contributed by atoms with Crippen molar-refractivity contribution in [2.45, 2.75) is 83.1 Å². The van der Waals surface area contributed by atoms with E-state index in [2.05, 4.69) is 82.4 Å². The van der Waals surface area contributed by atoms with Gasteiger partial charge in [0.25, 0.3) is 0 Å². The highest BCUT2D eigenvalue weighted by molar-refractivity contribution is 6.06. The number of aryl methyl sites for hydroxylation is 4. The number of fused-ring (bicyclic) bond motifs is 2. The van der Waals surface area contributed by atoms with Crippen LogP contribution in [-0.4, -0.2) is 54.4 Å². The van der Waals surface area contributed by atoms with Crippen LogP contribution in [0.15, 0.2) is 109 Å². The maximum Gasteiger partial charge on any atom is 0.163 e. The summed E-state index contributed by atoms with van der Waals surface area (Å²) >= 11 is 0. The number of benzene rings is 3. The number of carbonyl (C=O) groups is 2. The summed E-state index contributed by atoms with van der Waals surface area (Å²) < 4.78 is 5.43. The molecule has 1 aliphatic carbocycles. The number of ether oxygens (including phenoxy) is 1. The predicted molar refractivity (Wildman–Crippen MR) is 238 cm³/mol. The highest BCUT2D eigenvalue weighted by Crippen LogP contribution is 2.41. The molecule has 0 radical (unpaired) electrons.